The summed E-state index contributed by atoms with van der Waals surface area (Å²) in [6.07, 6.45) is 1.21. The van der Waals surface area contributed by atoms with E-state index in [9.17, 15) is 0 Å². The van der Waals surface area contributed by atoms with Gasteiger partial charge in [0.05, 0.1) is 0 Å². The summed E-state index contributed by atoms with van der Waals surface area (Å²) in [7, 11) is 2.25. The van der Waals surface area contributed by atoms with Crippen molar-refractivity contribution in [1.82, 2.24) is 15.1 Å². The van der Waals surface area contributed by atoms with Gasteiger partial charge in [-0.2, -0.15) is 0 Å². The van der Waals surface area contributed by atoms with Crippen LogP contribution in [0.5, 0.6) is 0 Å². The molecule has 1 aliphatic heterocycles. The lowest BCUT2D eigenvalue weighted by Crippen LogP contribution is -2.60. The molecule has 0 aromatic heterocycles. The number of rotatable bonds is 5. The fourth-order valence-corrected chi connectivity index (χ4v) is 2.64. The highest BCUT2D eigenvalue weighted by molar-refractivity contribution is 4.88. The Bertz CT molecular complexity index is 208. The van der Waals surface area contributed by atoms with E-state index in [4.69, 9.17) is 0 Å². The van der Waals surface area contributed by atoms with Crippen LogP contribution in [0.3, 0.4) is 0 Å². The Morgan fingerprint density at radius 3 is 2.18 bits per heavy atom. The van der Waals surface area contributed by atoms with Gasteiger partial charge in [0.2, 0.25) is 0 Å². The molecular formula is C14H31N3. The first kappa shape index (κ1) is 14.9. The Balaban J connectivity index is 2.49. The Kier molecular flexibility index (Phi) is 5.90. The van der Waals surface area contributed by atoms with E-state index in [-0.39, 0.29) is 0 Å². The lowest BCUT2D eigenvalue weighted by molar-refractivity contribution is 0.0296. The van der Waals surface area contributed by atoms with Crippen LogP contribution in [0.4, 0.5) is 0 Å². The summed E-state index contributed by atoms with van der Waals surface area (Å²) in [5.41, 5.74) is 0. The smallest absolute Gasteiger partial charge is 0.0219 e. The number of nitrogens with zero attached hydrogens (tertiary/aromatic N) is 2. The van der Waals surface area contributed by atoms with Gasteiger partial charge in [0.25, 0.3) is 0 Å². The molecule has 3 nitrogen and oxygen atoms in total. The van der Waals surface area contributed by atoms with Crippen molar-refractivity contribution < 1.29 is 0 Å². The molecule has 0 aliphatic carbocycles. The Morgan fingerprint density at radius 2 is 1.71 bits per heavy atom. The molecule has 1 saturated heterocycles. The molecule has 0 aromatic carbocycles. The number of likely N-dealkylation sites (N-methyl/N-ethyl adjacent to an activating group) is 1. The van der Waals surface area contributed by atoms with Gasteiger partial charge in [0.1, 0.15) is 0 Å². The van der Waals surface area contributed by atoms with E-state index in [1.165, 1.54) is 19.5 Å². The molecular weight excluding hydrogens is 210 g/mol. The standard InChI is InChI=1S/C14H31N3/c1-7-8-15-13(4)14(5)17-9-11(2)16(6)12(3)10-17/h11-15H,7-10H2,1-6H3. The molecule has 1 N–H and O–H groups in total. The van der Waals surface area contributed by atoms with Gasteiger partial charge >= 0.3 is 0 Å². The summed E-state index contributed by atoms with van der Waals surface area (Å²) >= 11 is 0. The van der Waals surface area contributed by atoms with E-state index in [1.807, 2.05) is 0 Å². The quantitative estimate of drug-likeness (QED) is 0.792. The summed E-state index contributed by atoms with van der Waals surface area (Å²) < 4.78 is 0. The summed E-state index contributed by atoms with van der Waals surface area (Å²) in [5.74, 6) is 0. The lowest BCUT2D eigenvalue weighted by atomic mass is 10.0. The van der Waals surface area contributed by atoms with Crippen LogP contribution in [0, 0.1) is 0 Å². The number of hydrogen-bond donors (Lipinski definition) is 1. The van der Waals surface area contributed by atoms with Crippen LogP contribution in [-0.4, -0.2) is 60.6 Å². The molecule has 0 saturated carbocycles. The maximum Gasteiger partial charge on any atom is 0.0219 e. The predicted molar refractivity (Wildman–Crippen MR) is 75.5 cm³/mol. The molecule has 0 spiro atoms. The highest BCUT2D eigenvalue weighted by Crippen LogP contribution is 2.17. The summed E-state index contributed by atoms with van der Waals surface area (Å²) in [6, 6.07) is 2.54. The average Bonchev–Trinajstić information content (AvgIpc) is 2.31. The van der Waals surface area contributed by atoms with Gasteiger partial charge in [-0.3, -0.25) is 9.80 Å². The molecule has 4 unspecified atom stereocenters. The molecule has 4 atom stereocenters. The zero-order valence-electron chi connectivity index (χ0n) is 12.5. The van der Waals surface area contributed by atoms with Crippen LogP contribution in [0.25, 0.3) is 0 Å². The van der Waals surface area contributed by atoms with Crippen LogP contribution in [0.15, 0.2) is 0 Å². The molecule has 17 heavy (non-hydrogen) atoms. The summed E-state index contributed by atoms with van der Waals surface area (Å²) in [4.78, 5) is 5.13. The van der Waals surface area contributed by atoms with E-state index >= 15 is 0 Å². The molecule has 1 fully saturated rings. The summed E-state index contributed by atoms with van der Waals surface area (Å²) in [5, 5.41) is 3.61. The number of hydrogen-bond acceptors (Lipinski definition) is 3. The SMILES string of the molecule is CCCNC(C)C(C)N1CC(C)N(C)C(C)C1. The zero-order chi connectivity index (χ0) is 13.0. The molecule has 102 valence electrons. The molecule has 3 heteroatoms. The lowest BCUT2D eigenvalue weighted by Gasteiger charge is -2.46. The maximum atomic E-state index is 3.61. The fourth-order valence-electron chi connectivity index (χ4n) is 2.64. The average molecular weight is 241 g/mol. The van der Waals surface area contributed by atoms with Crippen LogP contribution in [-0.2, 0) is 0 Å². The minimum atomic E-state index is 0.581. The van der Waals surface area contributed by atoms with Crippen molar-refractivity contribution >= 4 is 0 Å². The van der Waals surface area contributed by atoms with Crippen molar-refractivity contribution in [1.29, 1.82) is 0 Å². The molecule has 0 amide bonds. The van der Waals surface area contributed by atoms with E-state index < -0.39 is 0 Å². The second kappa shape index (κ2) is 6.72. The van der Waals surface area contributed by atoms with Crippen molar-refractivity contribution in [3.63, 3.8) is 0 Å². The largest absolute Gasteiger partial charge is 0.313 e. The van der Waals surface area contributed by atoms with Crippen LogP contribution < -0.4 is 5.32 Å². The minimum Gasteiger partial charge on any atom is -0.313 e. The molecule has 0 aromatic rings. The van der Waals surface area contributed by atoms with Gasteiger partial charge in [0.15, 0.2) is 0 Å². The maximum absolute atomic E-state index is 3.61. The first-order valence-electron chi connectivity index (χ1n) is 7.16. The van der Waals surface area contributed by atoms with Gasteiger partial charge in [-0.15, -0.1) is 0 Å². The second-order valence-corrected chi connectivity index (χ2v) is 5.80. The molecule has 0 radical (unpaired) electrons. The Hall–Kier alpha value is -0.120. The predicted octanol–water partition coefficient (Wildman–Crippen LogP) is 1.79. The van der Waals surface area contributed by atoms with Crippen molar-refractivity contribution in [2.45, 2.75) is 65.2 Å². The van der Waals surface area contributed by atoms with Crippen LogP contribution >= 0.6 is 0 Å². The highest BCUT2D eigenvalue weighted by Gasteiger charge is 2.30. The normalized spacial score (nSPS) is 31.4. The van der Waals surface area contributed by atoms with Gasteiger partial charge in [-0.1, -0.05) is 6.92 Å². The van der Waals surface area contributed by atoms with Gasteiger partial charge in [0, 0.05) is 37.3 Å². The van der Waals surface area contributed by atoms with Crippen LogP contribution in [0.2, 0.25) is 0 Å². The van der Waals surface area contributed by atoms with Gasteiger partial charge in [-0.25, -0.2) is 0 Å². The monoisotopic (exact) mass is 241 g/mol. The number of piperazine rings is 1. The van der Waals surface area contributed by atoms with Crippen molar-refractivity contribution in [3.05, 3.63) is 0 Å². The first-order valence-corrected chi connectivity index (χ1v) is 7.16. The van der Waals surface area contributed by atoms with Gasteiger partial charge < -0.3 is 5.32 Å². The van der Waals surface area contributed by atoms with Gasteiger partial charge in [-0.05, 0) is 47.7 Å². The second-order valence-electron chi connectivity index (χ2n) is 5.80. The van der Waals surface area contributed by atoms with Crippen molar-refractivity contribution in [3.8, 4) is 0 Å². The third-order valence-electron chi connectivity index (χ3n) is 4.40. The Labute approximate surface area is 108 Å². The fraction of sp³-hybridized carbons (Fsp3) is 1.00. The van der Waals surface area contributed by atoms with E-state index in [0.717, 1.165) is 6.54 Å². The third-order valence-corrected chi connectivity index (χ3v) is 4.40. The van der Waals surface area contributed by atoms with Crippen molar-refractivity contribution in [2.24, 2.45) is 0 Å². The van der Waals surface area contributed by atoms with Crippen LogP contribution in [0.1, 0.15) is 41.0 Å². The van der Waals surface area contributed by atoms with E-state index in [1.54, 1.807) is 0 Å². The molecule has 1 heterocycles. The molecule has 0 bridgehead atoms. The van der Waals surface area contributed by atoms with E-state index in [0.29, 0.717) is 24.2 Å². The highest BCUT2D eigenvalue weighted by atomic mass is 15.3. The minimum absolute atomic E-state index is 0.581. The number of nitrogens with one attached hydrogen (secondary N) is 1. The summed E-state index contributed by atoms with van der Waals surface area (Å²) in [6.45, 7) is 15.1. The van der Waals surface area contributed by atoms with E-state index in [2.05, 4.69) is 56.8 Å². The topological polar surface area (TPSA) is 18.5 Å². The zero-order valence-corrected chi connectivity index (χ0v) is 12.5. The molecule has 1 rings (SSSR count). The first-order chi connectivity index (χ1) is 7.97. The molecule has 1 aliphatic rings. The third kappa shape index (κ3) is 3.94. The van der Waals surface area contributed by atoms with Crippen molar-refractivity contribution in [2.75, 3.05) is 26.7 Å². The Morgan fingerprint density at radius 1 is 1.18 bits per heavy atom.